The van der Waals surface area contributed by atoms with Gasteiger partial charge in [-0.05, 0) is 48.9 Å². The molecule has 0 radical (unpaired) electrons. The van der Waals surface area contributed by atoms with Crippen molar-refractivity contribution in [3.8, 4) is 5.69 Å². The molecule has 0 unspecified atom stereocenters. The van der Waals surface area contributed by atoms with Crippen molar-refractivity contribution in [1.29, 1.82) is 0 Å². The summed E-state index contributed by atoms with van der Waals surface area (Å²) in [6.07, 6.45) is 0. The predicted octanol–water partition coefficient (Wildman–Crippen LogP) is 3.19. The number of benzene rings is 3. The lowest BCUT2D eigenvalue weighted by atomic mass is 10.1. The molecule has 33 heavy (non-hydrogen) atoms. The Labute approximate surface area is 185 Å². The third kappa shape index (κ3) is 4.43. The number of nitrogens with one attached hydrogen (secondary N) is 1. The van der Waals surface area contributed by atoms with E-state index in [1.807, 2.05) is 0 Å². The van der Waals surface area contributed by atoms with Crippen molar-refractivity contribution in [2.45, 2.75) is 20.0 Å². The van der Waals surface area contributed by atoms with Gasteiger partial charge in [-0.25, -0.2) is 22.5 Å². The summed E-state index contributed by atoms with van der Waals surface area (Å²) in [4.78, 5) is 38.9. The van der Waals surface area contributed by atoms with E-state index in [0.29, 0.717) is 16.2 Å². The number of rotatable bonds is 5. The van der Waals surface area contributed by atoms with Gasteiger partial charge in [-0.1, -0.05) is 23.8 Å². The average Bonchev–Trinajstić information content (AvgIpc) is 2.78. The minimum Gasteiger partial charge on any atom is -0.350 e. The Morgan fingerprint density at radius 1 is 0.909 bits per heavy atom. The van der Waals surface area contributed by atoms with E-state index in [1.54, 1.807) is 13.0 Å². The maximum absolute atomic E-state index is 14.5. The van der Waals surface area contributed by atoms with E-state index < -0.39 is 46.8 Å². The molecule has 0 saturated carbocycles. The molecule has 1 aromatic heterocycles. The first-order valence-corrected chi connectivity index (χ1v) is 9.97. The predicted molar refractivity (Wildman–Crippen MR) is 117 cm³/mol. The number of aryl methyl sites for hydroxylation is 1. The number of hydrogen-bond donors (Lipinski definition) is 1. The monoisotopic (exact) mass is 453 g/mol. The highest BCUT2D eigenvalue weighted by Gasteiger charge is 2.19. The molecule has 3 aromatic carbocycles. The van der Waals surface area contributed by atoms with E-state index >= 15 is 0 Å². The minimum absolute atomic E-state index is 0.0944. The topological polar surface area (TPSA) is 73.1 Å². The first-order valence-electron chi connectivity index (χ1n) is 9.97. The van der Waals surface area contributed by atoms with Gasteiger partial charge in [0.2, 0.25) is 5.91 Å². The molecule has 1 heterocycles. The Balaban J connectivity index is 1.78. The van der Waals surface area contributed by atoms with Gasteiger partial charge < -0.3 is 5.32 Å². The van der Waals surface area contributed by atoms with Crippen molar-refractivity contribution in [2.24, 2.45) is 0 Å². The third-order valence-electron chi connectivity index (χ3n) is 5.15. The van der Waals surface area contributed by atoms with Crippen LogP contribution in [0.3, 0.4) is 0 Å². The van der Waals surface area contributed by atoms with Crippen LogP contribution in [0.5, 0.6) is 0 Å². The van der Waals surface area contributed by atoms with Crippen molar-refractivity contribution in [2.75, 3.05) is 0 Å². The van der Waals surface area contributed by atoms with Crippen LogP contribution in [0.1, 0.15) is 11.1 Å². The summed E-state index contributed by atoms with van der Waals surface area (Å²) in [6.45, 7) is 1.38. The number of halogens is 3. The molecule has 9 heteroatoms. The fourth-order valence-corrected chi connectivity index (χ4v) is 3.52. The molecule has 168 valence electrons. The van der Waals surface area contributed by atoms with E-state index in [-0.39, 0.29) is 17.4 Å². The van der Waals surface area contributed by atoms with Crippen molar-refractivity contribution in [3.63, 3.8) is 0 Å². The number of amides is 1. The van der Waals surface area contributed by atoms with Gasteiger partial charge in [0.1, 0.15) is 24.0 Å². The molecule has 4 aromatic rings. The van der Waals surface area contributed by atoms with E-state index in [1.165, 1.54) is 36.4 Å². The summed E-state index contributed by atoms with van der Waals surface area (Å²) in [7, 11) is 0. The van der Waals surface area contributed by atoms with Crippen LogP contribution in [0, 0.1) is 24.4 Å². The van der Waals surface area contributed by atoms with E-state index in [2.05, 4.69) is 5.32 Å². The largest absolute Gasteiger partial charge is 0.350 e. The van der Waals surface area contributed by atoms with E-state index in [4.69, 9.17) is 0 Å². The summed E-state index contributed by atoms with van der Waals surface area (Å²) in [6, 6.07) is 12.8. The fraction of sp³-hybridized carbons (Fsp3) is 0.125. The molecule has 0 fully saturated rings. The number of nitrogens with zero attached hydrogens (tertiary/aromatic N) is 2. The van der Waals surface area contributed by atoms with E-state index in [9.17, 15) is 27.6 Å². The SMILES string of the molecule is Cc1ccc2c(c1)c(=O)n(-c1ccc(F)cc1F)c(=O)n2CC(=O)NCc1ccc(F)cc1. The Hall–Kier alpha value is -4.14. The summed E-state index contributed by atoms with van der Waals surface area (Å²) < 4.78 is 42.5. The molecular weight excluding hydrogens is 435 g/mol. The van der Waals surface area contributed by atoms with Gasteiger partial charge in [-0.3, -0.25) is 14.2 Å². The Bertz CT molecular complexity index is 1490. The smallest absolute Gasteiger partial charge is 0.336 e. The zero-order chi connectivity index (χ0) is 23.7. The highest BCUT2D eigenvalue weighted by molar-refractivity contribution is 5.82. The van der Waals surface area contributed by atoms with Gasteiger partial charge in [0.05, 0.1) is 16.6 Å². The first kappa shape index (κ1) is 22.1. The van der Waals surface area contributed by atoms with Crippen molar-refractivity contribution < 1.29 is 18.0 Å². The van der Waals surface area contributed by atoms with Gasteiger partial charge in [0.15, 0.2) is 0 Å². The van der Waals surface area contributed by atoms with Crippen molar-refractivity contribution in [3.05, 3.63) is 110 Å². The highest BCUT2D eigenvalue weighted by atomic mass is 19.1. The van der Waals surface area contributed by atoms with Crippen LogP contribution in [-0.2, 0) is 17.9 Å². The van der Waals surface area contributed by atoms with Gasteiger partial charge in [0, 0.05) is 12.6 Å². The quantitative estimate of drug-likeness (QED) is 0.505. The van der Waals surface area contributed by atoms with Crippen molar-refractivity contribution >= 4 is 16.8 Å². The average molecular weight is 453 g/mol. The van der Waals surface area contributed by atoms with Gasteiger partial charge in [0.25, 0.3) is 5.56 Å². The molecule has 6 nitrogen and oxygen atoms in total. The maximum Gasteiger partial charge on any atom is 0.336 e. The van der Waals surface area contributed by atoms with Crippen LogP contribution >= 0.6 is 0 Å². The number of carbonyl (C=O) groups excluding carboxylic acids is 1. The van der Waals surface area contributed by atoms with Crippen LogP contribution < -0.4 is 16.6 Å². The molecule has 0 aliphatic heterocycles. The maximum atomic E-state index is 14.5. The number of carbonyl (C=O) groups is 1. The Morgan fingerprint density at radius 3 is 2.30 bits per heavy atom. The Kier molecular flexibility index (Phi) is 5.87. The fourth-order valence-electron chi connectivity index (χ4n) is 3.52. The summed E-state index contributed by atoms with van der Waals surface area (Å²) in [5, 5.41) is 2.73. The van der Waals surface area contributed by atoms with Crippen LogP contribution in [0.15, 0.2) is 70.3 Å². The van der Waals surface area contributed by atoms with Crippen LogP contribution in [0.25, 0.3) is 16.6 Å². The number of hydrogen-bond acceptors (Lipinski definition) is 3. The molecule has 1 N–H and O–H groups in total. The number of fused-ring (bicyclic) bond motifs is 1. The summed E-state index contributed by atoms with van der Waals surface area (Å²) in [5.41, 5.74) is -0.583. The van der Waals surface area contributed by atoms with Crippen LogP contribution in [-0.4, -0.2) is 15.0 Å². The zero-order valence-corrected chi connectivity index (χ0v) is 17.4. The molecule has 1 amide bonds. The van der Waals surface area contributed by atoms with Crippen molar-refractivity contribution in [1.82, 2.24) is 14.5 Å². The summed E-state index contributed by atoms with van der Waals surface area (Å²) >= 11 is 0. The van der Waals surface area contributed by atoms with Crippen LogP contribution in [0.2, 0.25) is 0 Å². The van der Waals surface area contributed by atoms with Gasteiger partial charge in [-0.15, -0.1) is 0 Å². The second-order valence-corrected chi connectivity index (χ2v) is 7.53. The summed E-state index contributed by atoms with van der Waals surface area (Å²) in [5.74, 6) is -2.91. The van der Waals surface area contributed by atoms with Gasteiger partial charge >= 0.3 is 5.69 Å². The third-order valence-corrected chi connectivity index (χ3v) is 5.15. The second-order valence-electron chi connectivity index (χ2n) is 7.53. The lowest BCUT2D eigenvalue weighted by molar-refractivity contribution is -0.121. The van der Waals surface area contributed by atoms with E-state index in [0.717, 1.165) is 22.3 Å². The van der Waals surface area contributed by atoms with Gasteiger partial charge in [-0.2, -0.15) is 0 Å². The molecule has 0 aliphatic rings. The zero-order valence-electron chi connectivity index (χ0n) is 17.4. The molecule has 0 aliphatic carbocycles. The molecule has 4 rings (SSSR count). The molecule has 0 spiro atoms. The number of aromatic nitrogens is 2. The molecule has 0 bridgehead atoms. The highest BCUT2D eigenvalue weighted by Crippen LogP contribution is 2.15. The minimum atomic E-state index is -1.09. The second kappa shape index (κ2) is 8.78. The standard InChI is InChI=1S/C24H18F3N3O3/c1-14-2-8-20-18(10-14)23(32)30(21-9-7-17(26)11-19(21)27)24(33)29(20)13-22(31)28-12-15-3-5-16(25)6-4-15/h2-11H,12-13H2,1H3,(H,28,31). The van der Waals surface area contributed by atoms with Crippen LogP contribution in [0.4, 0.5) is 13.2 Å². The Morgan fingerprint density at radius 2 is 1.61 bits per heavy atom. The molecular formula is C24H18F3N3O3. The first-order chi connectivity index (χ1) is 15.7. The lowest BCUT2D eigenvalue weighted by Gasteiger charge is -2.15. The molecule has 0 saturated heterocycles. The molecule has 0 atom stereocenters. The lowest BCUT2D eigenvalue weighted by Crippen LogP contribution is -2.42. The normalized spacial score (nSPS) is 11.0.